The van der Waals surface area contributed by atoms with Crippen LogP contribution >= 0.6 is 0 Å². The normalized spacial score (nSPS) is 10.3. The molecule has 0 fully saturated rings. The van der Waals surface area contributed by atoms with Crippen LogP contribution in [0.1, 0.15) is 11.3 Å². The molecule has 3 rings (SSSR count). The van der Waals surface area contributed by atoms with E-state index in [4.69, 9.17) is 0 Å². The number of carbonyl (C=O) groups is 2. The Morgan fingerprint density at radius 3 is 2.61 bits per heavy atom. The molecule has 0 saturated carbocycles. The lowest BCUT2D eigenvalue weighted by atomic mass is 10.1. The number of carbonyl (C=O) groups excluding carboxylic acids is 2. The van der Waals surface area contributed by atoms with Crippen molar-refractivity contribution in [3.8, 4) is 5.69 Å². The maximum Gasteiger partial charge on any atom is 0.247 e. The third-order valence-electron chi connectivity index (χ3n) is 4.15. The van der Waals surface area contributed by atoms with E-state index in [1.54, 1.807) is 30.3 Å². The molecule has 0 aliphatic carbocycles. The summed E-state index contributed by atoms with van der Waals surface area (Å²) < 4.78 is 0. The van der Waals surface area contributed by atoms with E-state index in [0.717, 1.165) is 11.3 Å². The van der Waals surface area contributed by atoms with Crippen LogP contribution in [0.25, 0.3) is 5.69 Å². The molecule has 0 aliphatic heterocycles. The smallest absolute Gasteiger partial charge is 0.247 e. The van der Waals surface area contributed by atoms with Gasteiger partial charge in [-0.3, -0.25) is 9.59 Å². The van der Waals surface area contributed by atoms with Crippen LogP contribution < -0.4 is 5.32 Å². The van der Waals surface area contributed by atoms with Crippen LogP contribution in [0.3, 0.4) is 0 Å². The largest absolute Gasteiger partial charge is 0.339 e. The zero-order chi connectivity index (χ0) is 19.9. The van der Waals surface area contributed by atoms with Gasteiger partial charge in [-0.25, -0.2) is 0 Å². The molecule has 0 unspecified atom stereocenters. The van der Waals surface area contributed by atoms with Crippen molar-refractivity contribution in [3.05, 3.63) is 84.7 Å². The summed E-state index contributed by atoms with van der Waals surface area (Å²) in [5.74, 6) is -0.402. The fraction of sp³-hybridized carbons (Fsp3) is 0.143. The highest BCUT2D eigenvalue weighted by Gasteiger charge is 2.15. The molecule has 2 amide bonds. The summed E-state index contributed by atoms with van der Waals surface area (Å²) in [6.07, 6.45) is 3.01. The van der Waals surface area contributed by atoms with Gasteiger partial charge in [0.2, 0.25) is 11.8 Å². The fourth-order valence-corrected chi connectivity index (χ4v) is 2.66. The first kappa shape index (κ1) is 19.0. The molecule has 0 aliphatic rings. The van der Waals surface area contributed by atoms with Gasteiger partial charge in [-0.2, -0.15) is 15.0 Å². The lowest BCUT2D eigenvalue weighted by Gasteiger charge is -2.17. The molecular weight excluding hydrogens is 354 g/mol. The Kier molecular flexibility index (Phi) is 5.96. The van der Waals surface area contributed by atoms with Crippen molar-refractivity contribution in [2.24, 2.45) is 0 Å². The molecule has 7 heteroatoms. The van der Waals surface area contributed by atoms with E-state index >= 15 is 0 Å². The van der Waals surface area contributed by atoms with Gasteiger partial charge in [0, 0.05) is 12.7 Å². The van der Waals surface area contributed by atoms with Gasteiger partial charge in [0.15, 0.2) is 0 Å². The molecule has 0 atom stereocenters. The second-order valence-electron chi connectivity index (χ2n) is 6.24. The number of amides is 2. The Balaban J connectivity index is 1.65. The second-order valence-corrected chi connectivity index (χ2v) is 6.24. The maximum atomic E-state index is 12.6. The summed E-state index contributed by atoms with van der Waals surface area (Å²) in [7, 11) is 1.72. The van der Waals surface area contributed by atoms with Crippen LogP contribution in [0, 0.1) is 0 Å². The molecule has 0 spiro atoms. The van der Waals surface area contributed by atoms with Crippen molar-refractivity contribution < 1.29 is 9.59 Å². The SMILES string of the molecule is C=CC(=O)Nc1ccccc1CC(=O)N(C)Cc1cnn(-c2ccccc2)n1. The van der Waals surface area contributed by atoms with Crippen molar-refractivity contribution in [2.75, 3.05) is 12.4 Å². The topological polar surface area (TPSA) is 80.1 Å². The van der Waals surface area contributed by atoms with Gasteiger partial charge in [-0.1, -0.05) is 43.0 Å². The van der Waals surface area contributed by atoms with Gasteiger partial charge in [0.05, 0.1) is 24.8 Å². The van der Waals surface area contributed by atoms with Gasteiger partial charge in [0.1, 0.15) is 5.69 Å². The minimum Gasteiger partial charge on any atom is -0.339 e. The number of benzene rings is 2. The number of hydrogen-bond donors (Lipinski definition) is 1. The number of para-hydroxylation sites is 2. The van der Waals surface area contributed by atoms with E-state index in [2.05, 4.69) is 22.1 Å². The van der Waals surface area contributed by atoms with Gasteiger partial charge in [0.25, 0.3) is 0 Å². The first-order chi connectivity index (χ1) is 13.6. The minimum absolute atomic E-state index is 0.0884. The van der Waals surface area contributed by atoms with Gasteiger partial charge in [-0.15, -0.1) is 0 Å². The number of anilines is 1. The Morgan fingerprint density at radius 1 is 1.14 bits per heavy atom. The van der Waals surface area contributed by atoms with Crippen LogP contribution in [-0.2, 0) is 22.6 Å². The highest BCUT2D eigenvalue weighted by Crippen LogP contribution is 2.17. The van der Waals surface area contributed by atoms with Crippen LogP contribution in [-0.4, -0.2) is 38.8 Å². The number of aromatic nitrogens is 3. The monoisotopic (exact) mass is 375 g/mol. The van der Waals surface area contributed by atoms with E-state index in [0.29, 0.717) is 17.9 Å². The first-order valence-corrected chi connectivity index (χ1v) is 8.79. The fourth-order valence-electron chi connectivity index (χ4n) is 2.66. The lowest BCUT2D eigenvalue weighted by Crippen LogP contribution is -2.28. The average Bonchev–Trinajstić information content (AvgIpc) is 3.18. The van der Waals surface area contributed by atoms with E-state index in [1.165, 1.54) is 10.9 Å². The van der Waals surface area contributed by atoms with Crippen molar-refractivity contribution in [1.29, 1.82) is 0 Å². The van der Waals surface area contributed by atoms with Crippen LogP contribution in [0.5, 0.6) is 0 Å². The second kappa shape index (κ2) is 8.77. The first-order valence-electron chi connectivity index (χ1n) is 8.79. The number of rotatable bonds is 7. The van der Waals surface area contributed by atoms with Crippen LogP contribution in [0.15, 0.2) is 73.4 Å². The third kappa shape index (κ3) is 4.70. The molecule has 1 aromatic heterocycles. The average molecular weight is 375 g/mol. The molecule has 7 nitrogen and oxygen atoms in total. The Bertz CT molecular complexity index is 981. The molecule has 0 radical (unpaired) electrons. The van der Waals surface area contributed by atoms with E-state index in [-0.39, 0.29) is 18.2 Å². The van der Waals surface area contributed by atoms with Gasteiger partial charge in [-0.05, 0) is 29.8 Å². The predicted molar refractivity (Wildman–Crippen MR) is 107 cm³/mol. The summed E-state index contributed by atoms with van der Waals surface area (Å²) in [5.41, 5.74) is 2.88. The van der Waals surface area contributed by atoms with E-state index in [1.807, 2.05) is 42.5 Å². The van der Waals surface area contributed by atoms with Gasteiger partial charge >= 0.3 is 0 Å². The zero-order valence-electron chi connectivity index (χ0n) is 15.6. The van der Waals surface area contributed by atoms with Crippen molar-refractivity contribution in [3.63, 3.8) is 0 Å². The molecule has 1 N–H and O–H groups in total. The van der Waals surface area contributed by atoms with Crippen molar-refractivity contribution in [2.45, 2.75) is 13.0 Å². The highest BCUT2D eigenvalue weighted by molar-refractivity contribution is 5.99. The summed E-state index contributed by atoms with van der Waals surface area (Å²) in [6.45, 7) is 3.78. The number of likely N-dealkylation sites (N-methyl/N-ethyl adjacent to an activating group) is 1. The molecule has 142 valence electrons. The quantitative estimate of drug-likeness (QED) is 0.644. The number of nitrogens with zero attached hydrogens (tertiary/aromatic N) is 4. The molecular formula is C21H21N5O2. The van der Waals surface area contributed by atoms with E-state index in [9.17, 15) is 9.59 Å². The molecule has 0 bridgehead atoms. The van der Waals surface area contributed by atoms with Crippen LogP contribution in [0.2, 0.25) is 0 Å². The predicted octanol–water partition coefficient (Wildman–Crippen LogP) is 2.59. The zero-order valence-corrected chi connectivity index (χ0v) is 15.6. The molecule has 0 saturated heterocycles. The Hall–Kier alpha value is -3.74. The molecule has 2 aromatic carbocycles. The molecule has 28 heavy (non-hydrogen) atoms. The molecule has 1 heterocycles. The van der Waals surface area contributed by atoms with Crippen molar-refractivity contribution >= 4 is 17.5 Å². The maximum absolute atomic E-state index is 12.6. The number of hydrogen-bond acceptors (Lipinski definition) is 4. The summed E-state index contributed by atoms with van der Waals surface area (Å²) in [6, 6.07) is 16.8. The summed E-state index contributed by atoms with van der Waals surface area (Å²) >= 11 is 0. The lowest BCUT2D eigenvalue weighted by molar-refractivity contribution is -0.129. The highest BCUT2D eigenvalue weighted by atomic mass is 16.2. The van der Waals surface area contributed by atoms with E-state index < -0.39 is 0 Å². The Labute approximate surface area is 163 Å². The standard InChI is InChI=1S/C21H21N5O2/c1-3-20(27)23-19-12-8-7-9-16(19)13-21(28)25(2)15-17-14-22-26(24-17)18-10-5-4-6-11-18/h3-12,14H,1,13,15H2,2H3,(H,23,27). The summed E-state index contributed by atoms with van der Waals surface area (Å²) in [5, 5.41) is 11.4. The minimum atomic E-state index is -0.314. The summed E-state index contributed by atoms with van der Waals surface area (Å²) in [4.78, 5) is 27.3. The molecule has 3 aromatic rings. The number of nitrogens with one attached hydrogen (secondary N) is 1. The Morgan fingerprint density at radius 2 is 1.86 bits per heavy atom. The third-order valence-corrected chi connectivity index (χ3v) is 4.15. The van der Waals surface area contributed by atoms with Gasteiger partial charge < -0.3 is 10.2 Å². The van der Waals surface area contributed by atoms with Crippen molar-refractivity contribution in [1.82, 2.24) is 19.9 Å². The van der Waals surface area contributed by atoms with Crippen LogP contribution in [0.4, 0.5) is 5.69 Å².